The standard InChI is InChI=1S/C20H20F3N7O3S/c1-5-24-18(31)14-10(3)8-25-16-13(19(28-30(14)16)34(32,33)6-2)17-27-12-7-11(20(21,22)23)9-26-15(12)29(17)4/h7-9H,5-6H2,1-4H3,(H,24,31). The van der Waals surface area contributed by atoms with Gasteiger partial charge in [0, 0.05) is 26.0 Å². The Kier molecular flexibility index (Phi) is 5.58. The van der Waals surface area contributed by atoms with Gasteiger partial charge in [0.2, 0.25) is 0 Å². The van der Waals surface area contributed by atoms with Gasteiger partial charge in [0.25, 0.3) is 5.91 Å². The number of hydrogen-bond acceptors (Lipinski definition) is 7. The summed E-state index contributed by atoms with van der Waals surface area (Å²) in [4.78, 5) is 25.1. The highest BCUT2D eigenvalue weighted by Gasteiger charge is 2.34. The molecule has 4 heterocycles. The summed E-state index contributed by atoms with van der Waals surface area (Å²) in [5.41, 5.74) is -0.426. The van der Waals surface area contributed by atoms with E-state index in [-0.39, 0.29) is 44.7 Å². The normalized spacial score (nSPS) is 12.6. The highest BCUT2D eigenvalue weighted by atomic mass is 32.2. The number of amides is 1. The molecule has 34 heavy (non-hydrogen) atoms. The number of carbonyl (C=O) groups is 1. The Hall–Kier alpha value is -3.55. The van der Waals surface area contributed by atoms with E-state index in [0.29, 0.717) is 18.3 Å². The monoisotopic (exact) mass is 495 g/mol. The van der Waals surface area contributed by atoms with Crippen LogP contribution >= 0.6 is 0 Å². The van der Waals surface area contributed by atoms with Crippen molar-refractivity contribution in [2.75, 3.05) is 12.3 Å². The highest BCUT2D eigenvalue weighted by Crippen LogP contribution is 2.35. The fraction of sp³-hybridized carbons (Fsp3) is 0.350. The van der Waals surface area contributed by atoms with Gasteiger partial charge in [0.15, 0.2) is 26.2 Å². The maximum atomic E-state index is 13.2. The lowest BCUT2D eigenvalue weighted by Crippen LogP contribution is -2.26. The Morgan fingerprint density at radius 2 is 1.82 bits per heavy atom. The van der Waals surface area contributed by atoms with Crippen molar-refractivity contribution < 1.29 is 26.4 Å². The van der Waals surface area contributed by atoms with E-state index in [9.17, 15) is 26.4 Å². The average Bonchev–Trinajstić information content (AvgIpc) is 3.31. The Bertz CT molecular complexity index is 1560. The summed E-state index contributed by atoms with van der Waals surface area (Å²) in [6, 6.07) is 0.837. The summed E-state index contributed by atoms with van der Waals surface area (Å²) >= 11 is 0. The third-order valence-electron chi connectivity index (χ3n) is 5.28. The first-order valence-electron chi connectivity index (χ1n) is 10.2. The van der Waals surface area contributed by atoms with Crippen LogP contribution in [0.1, 0.15) is 35.5 Å². The van der Waals surface area contributed by atoms with Gasteiger partial charge in [-0.2, -0.15) is 18.3 Å². The molecule has 0 bridgehead atoms. The first-order valence-corrected chi connectivity index (χ1v) is 11.8. The van der Waals surface area contributed by atoms with Crippen LogP contribution in [0.2, 0.25) is 0 Å². The first kappa shape index (κ1) is 23.6. The molecule has 0 saturated heterocycles. The van der Waals surface area contributed by atoms with E-state index >= 15 is 0 Å². The van der Waals surface area contributed by atoms with Crippen LogP contribution in [0.15, 0.2) is 23.5 Å². The van der Waals surface area contributed by atoms with Crippen molar-refractivity contribution in [2.24, 2.45) is 7.05 Å². The highest BCUT2D eigenvalue weighted by molar-refractivity contribution is 7.91. The molecule has 0 aliphatic heterocycles. The third-order valence-corrected chi connectivity index (χ3v) is 6.92. The number of rotatable bonds is 5. The number of fused-ring (bicyclic) bond motifs is 2. The Morgan fingerprint density at radius 1 is 1.15 bits per heavy atom. The molecular weight excluding hydrogens is 475 g/mol. The molecular formula is C20H20F3N7O3S. The van der Waals surface area contributed by atoms with Crippen LogP contribution in [-0.4, -0.2) is 55.8 Å². The van der Waals surface area contributed by atoms with Crippen molar-refractivity contribution in [3.63, 3.8) is 0 Å². The predicted molar refractivity (Wildman–Crippen MR) is 116 cm³/mol. The fourth-order valence-electron chi connectivity index (χ4n) is 3.58. The van der Waals surface area contributed by atoms with E-state index in [4.69, 9.17) is 0 Å². The number of aromatic nitrogens is 6. The molecule has 0 atom stereocenters. The molecule has 180 valence electrons. The second-order valence-corrected chi connectivity index (χ2v) is 9.72. The molecule has 4 aromatic heterocycles. The van der Waals surface area contributed by atoms with Crippen molar-refractivity contribution in [3.05, 3.63) is 35.3 Å². The van der Waals surface area contributed by atoms with E-state index in [1.165, 1.54) is 24.7 Å². The average molecular weight is 495 g/mol. The second kappa shape index (κ2) is 8.04. The van der Waals surface area contributed by atoms with Crippen LogP contribution < -0.4 is 5.32 Å². The minimum Gasteiger partial charge on any atom is -0.351 e. The quantitative estimate of drug-likeness (QED) is 0.451. The fourth-order valence-corrected chi connectivity index (χ4v) is 4.55. The summed E-state index contributed by atoms with van der Waals surface area (Å²) in [5, 5.41) is 6.49. The zero-order valence-electron chi connectivity index (χ0n) is 18.6. The number of alkyl halides is 3. The molecule has 4 rings (SSSR count). The first-order chi connectivity index (χ1) is 15.9. The van der Waals surface area contributed by atoms with Gasteiger partial charge in [0.1, 0.15) is 22.6 Å². The van der Waals surface area contributed by atoms with Crippen molar-refractivity contribution >= 4 is 32.6 Å². The van der Waals surface area contributed by atoms with E-state index in [1.54, 1.807) is 13.8 Å². The van der Waals surface area contributed by atoms with Crippen molar-refractivity contribution in [2.45, 2.75) is 32.0 Å². The van der Waals surface area contributed by atoms with Gasteiger partial charge in [-0.25, -0.2) is 27.9 Å². The number of pyridine rings is 1. The van der Waals surface area contributed by atoms with Crippen LogP contribution in [0.25, 0.3) is 28.2 Å². The summed E-state index contributed by atoms with van der Waals surface area (Å²) in [6.07, 6.45) is -2.54. The number of hydrogen-bond donors (Lipinski definition) is 1. The van der Waals surface area contributed by atoms with Crippen molar-refractivity contribution in [1.29, 1.82) is 0 Å². The van der Waals surface area contributed by atoms with Crippen LogP contribution in [0.5, 0.6) is 0 Å². The maximum Gasteiger partial charge on any atom is 0.417 e. The second-order valence-electron chi connectivity index (χ2n) is 7.53. The molecule has 0 radical (unpaired) electrons. The lowest BCUT2D eigenvalue weighted by molar-refractivity contribution is -0.137. The molecule has 0 aromatic carbocycles. The largest absolute Gasteiger partial charge is 0.417 e. The Labute approximate surface area is 191 Å². The molecule has 0 spiro atoms. The van der Waals surface area contributed by atoms with Gasteiger partial charge in [-0.3, -0.25) is 4.79 Å². The number of aryl methyl sites for hydroxylation is 2. The molecule has 0 fully saturated rings. The smallest absolute Gasteiger partial charge is 0.351 e. The number of nitrogens with one attached hydrogen (secondary N) is 1. The zero-order valence-corrected chi connectivity index (χ0v) is 19.4. The minimum absolute atomic E-state index is 0.00190. The summed E-state index contributed by atoms with van der Waals surface area (Å²) in [7, 11) is -2.45. The molecule has 0 aliphatic carbocycles. The van der Waals surface area contributed by atoms with Crippen molar-refractivity contribution in [1.82, 2.24) is 34.4 Å². The van der Waals surface area contributed by atoms with Gasteiger partial charge in [-0.1, -0.05) is 6.92 Å². The Morgan fingerprint density at radius 3 is 2.44 bits per heavy atom. The molecule has 0 unspecified atom stereocenters. The molecule has 1 N–H and O–H groups in total. The van der Waals surface area contributed by atoms with Crippen LogP contribution in [0, 0.1) is 6.92 Å². The van der Waals surface area contributed by atoms with Crippen LogP contribution in [0.3, 0.4) is 0 Å². The number of carbonyl (C=O) groups excluding carboxylic acids is 1. The van der Waals surface area contributed by atoms with E-state index in [0.717, 1.165) is 10.6 Å². The van der Waals surface area contributed by atoms with E-state index in [1.807, 2.05) is 0 Å². The summed E-state index contributed by atoms with van der Waals surface area (Å²) in [5.74, 6) is -0.787. The zero-order chi connectivity index (χ0) is 25.0. The van der Waals surface area contributed by atoms with Gasteiger partial charge >= 0.3 is 6.18 Å². The van der Waals surface area contributed by atoms with E-state index < -0.39 is 27.5 Å². The molecule has 1 amide bonds. The van der Waals surface area contributed by atoms with Gasteiger partial charge in [0.05, 0.1) is 11.3 Å². The lowest BCUT2D eigenvalue weighted by atomic mass is 10.2. The molecule has 0 saturated carbocycles. The number of imidazole rings is 1. The number of sulfone groups is 1. The Balaban J connectivity index is 2.10. The molecule has 0 aliphatic rings. The molecule has 4 aromatic rings. The maximum absolute atomic E-state index is 13.2. The summed E-state index contributed by atoms with van der Waals surface area (Å²) < 4.78 is 68.0. The minimum atomic E-state index is -4.62. The molecule has 10 nitrogen and oxygen atoms in total. The third kappa shape index (κ3) is 3.67. The number of halogens is 3. The van der Waals surface area contributed by atoms with Gasteiger partial charge in [-0.05, 0) is 25.5 Å². The van der Waals surface area contributed by atoms with Crippen molar-refractivity contribution in [3.8, 4) is 11.4 Å². The predicted octanol–water partition coefficient (Wildman–Crippen LogP) is 2.55. The number of nitrogens with zero attached hydrogens (tertiary/aromatic N) is 6. The van der Waals surface area contributed by atoms with Crippen LogP contribution in [0.4, 0.5) is 13.2 Å². The lowest BCUT2D eigenvalue weighted by Gasteiger charge is -2.08. The molecule has 14 heteroatoms. The van der Waals surface area contributed by atoms with Gasteiger partial charge < -0.3 is 9.88 Å². The van der Waals surface area contributed by atoms with Crippen LogP contribution in [-0.2, 0) is 23.1 Å². The summed E-state index contributed by atoms with van der Waals surface area (Å²) in [6.45, 7) is 5.12. The van der Waals surface area contributed by atoms with Gasteiger partial charge in [-0.15, -0.1) is 0 Å². The topological polar surface area (TPSA) is 124 Å². The SMILES string of the molecule is CCNC(=O)c1c(C)cnc2c(-c3nc4cc(C(F)(F)F)cnc4n3C)c(S(=O)(=O)CC)nn12. The van der Waals surface area contributed by atoms with E-state index in [2.05, 4.69) is 25.4 Å².